The number of rotatable bonds is 11. The van der Waals surface area contributed by atoms with Gasteiger partial charge in [-0.2, -0.15) is 0 Å². The maximum absolute atomic E-state index is 12.8. The predicted molar refractivity (Wildman–Crippen MR) is 149 cm³/mol. The van der Waals surface area contributed by atoms with E-state index in [0.29, 0.717) is 18.0 Å². The molecule has 0 bridgehead atoms. The molecular weight excluding hydrogens is 496 g/mol. The fourth-order valence-corrected chi connectivity index (χ4v) is 5.52. The lowest BCUT2D eigenvalue weighted by Gasteiger charge is -2.20. The molecule has 8 heteroatoms. The van der Waals surface area contributed by atoms with E-state index < -0.39 is 5.60 Å². The fraction of sp³-hybridized carbons (Fsp3) is 0.516. The SMILES string of the molecule is COc1ccc(CC(=O)NCC2(C)C=C(c3ccc(OC)c(OC4CCCC4)c3)NO2)cc1OC1CCCC1. The number of methoxy groups -OCH3 is 2. The van der Waals surface area contributed by atoms with Crippen molar-refractivity contribution in [2.75, 3.05) is 20.8 Å². The molecule has 1 atom stereocenters. The quantitative estimate of drug-likeness (QED) is 0.401. The summed E-state index contributed by atoms with van der Waals surface area (Å²) in [5, 5.41) is 3.02. The minimum Gasteiger partial charge on any atom is -0.493 e. The highest BCUT2D eigenvalue weighted by Crippen LogP contribution is 2.36. The van der Waals surface area contributed by atoms with Crippen molar-refractivity contribution in [2.24, 2.45) is 0 Å². The minimum absolute atomic E-state index is 0.0876. The van der Waals surface area contributed by atoms with Gasteiger partial charge in [-0.15, -0.1) is 0 Å². The number of carbonyl (C=O) groups is 1. The maximum atomic E-state index is 12.8. The highest BCUT2D eigenvalue weighted by atomic mass is 16.7. The highest BCUT2D eigenvalue weighted by Gasteiger charge is 2.31. The van der Waals surface area contributed by atoms with Crippen LogP contribution in [0.3, 0.4) is 0 Å². The van der Waals surface area contributed by atoms with Gasteiger partial charge in [-0.25, -0.2) is 0 Å². The molecule has 1 amide bonds. The van der Waals surface area contributed by atoms with Crippen LogP contribution in [0.5, 0.6) is 23.0 Å². The van der Waals surface area contributed by atoms with Crippen molar-refractivity contribution >= 4 is 11.6 Å². The minimum atomic E-state index is -0.700. The molecule has 0 aromatic heterocycles. The largest absolute Gasteiger partial charge is 0.493 e. The molecule has 8 nitrogen and oxygen atoms in total. The molecule has 0 radical (unpaired) electrons. The van der Waals surface area contributed by atoms with Gasteiger partial charge in [0.1, 0.15) is 5.60 Å². The molecular formula is C31H40N2O6. The molecule has 2 N–H and O–H groups in total. The monoisotopic (exact) mass is 536 g/mol. The number of carbonyl (C=O) groups excluding carboxylic acids is 1. The van der Waals surface area contributed by atoms with Gasteiger partial charge < -0.3 is 24.3 Å². The van der Waals surface area contributed by atoms with Gasteiger partial charge >= 0.3 is 0 Å². The first-order valence-electron chi connectivity index (χ1n) is 14.1. The van der Waals surface area contributed by atoms with Crippen LogP contribution < -0.4 is 29.7 Å². The summed E-state index contributed by atoms with van der Waals surface area (Å²) in [4.78, 5) is 18.7. The van der Waals surface area contributed by atoms with Gasteiger partial charge in [0.2, 0.25) is 5.91 Å². The van der Waals surface area contributed by atoms with E-state index in [-0.39, 0.29) is 24.5 Å². The second-order valence-electron chi connectivity index (χ2n) is 10.9. The van der Waals surface area contributed by atoms with Crippen LogP contribution in [0.4, 0.5) is 0 Å². The van der Waals surface area contributed by atoms with Crippen LogP contribution >= 0.6 is 0 Å². The lowest BCUT2D eigenvalue weighted by molar-refractivity contribution is -0.122. The van der Waals surface area contributed by atoms with Crippen LogP contribution in [-0.4, -0.2) is 44.5 Å². The number of benzene rings is 2. The normalized spacial score (nSPS) is 21.4. The Bertz CT molecular complexity index is 1190. The Morgan fingerprint density at radius 3 is 2.10 bits per heavy atom. The van der Waals surface area contributed by atoms with Crippen molar-refractivity contribution in [2.45, 2.75) is 82.5 Å². The zero-order chi connectivity index (χ0) is 27.2. The summed E-state index contributed by atoms with van der Waals surface area (Å²) in [6.07, 6.45) is 11.7. The summed E-state index contributed by atoms with van der Waals surface area (Å²) in [6, 6.07) is 11.6. The summed E-state index contributed by atoms with van der Waals surface area (Å²) in [5.74, 6) is 2.76. The molecule has 39 heavy (non-hydrogen) atoms. The molecule has 2 aromatic carbocycles. The van der Waals surface area contributed by atoms with Crippen molar-refractivity contribution < 1.29 is 28.6 Å². The Labute approximate surface area is 230 Å². The van der Waals surface area contributed by atoms with Gasteiger partial charge in [0.05, 0.1) is 45.1 Å². The molecule has 2 fully saturated rings. The Morgan fingerprint density at radius 1 is 0.897 bits per heavy atom. The third-order valence-corrected chi connectivity index (χ3v) is 7.74. The maximum Gasteiger partial charge on any atom is 0.224 e. The number of nitrogens with one attached hydrogen (secondary N) is 2. The van der Waals surface area contributed by atoms with E-state index in [1.165, 1.54) is 25.7 Å². The van der Waals surface area contributed by atoms with Crippen molar-refractivity contribution in [3.8, 4) is 23.0 Å². The third-order valence-electron chi connectivity index (χ3n) is 7.74. The van der Waals surface area contributed by atoms with E-state index in [1.54, 1.807) is 14.2 Å². The third kappa shape index (κ3) is 6.79. The molecule has 2 saturated carbocycles. The zero-order valence-electron chi connectivity index (χ0n) is 23.2. The van der Waals surface area contributed by atoms with Crippen LogP contribution in [-0.2, 0) is 16.1 Å². The van der Waals surface area contributed by atoms with Crippen LogP contribution in [0.1, 0.15) is 69.4 Å². The first-order chi connectivity index (χ1) is 18.9. The van der Waals surface area contributed by atoms with E-state index in [1.807, 2.05) is 49.4 Å². The van der Waals surface area contributed by atoms with E-state index >= 15 is 0 Å². The number of ether oxygens (including phenoxy) is 4. The molecule has 0 spiro atoms. The van der Waals surface area contributed by atoms with Crippen LogP contribution in [0, 0.1) is 0 Å². The Kier molecular flexibility index (Phi) is 8.50. The van der Waals surface area contributed by atoms with Gasteiger partial charge in [-0.3, -0.25) is 15.1 Å². The number of hydrogen-bond acceptors (Lipinski definition) is 7. The fourth-order valence-electron chi connectivity index (χ4n) is 5.52. The van der Waals surface area contributed by atoms with E-state index in [4.69, 9.17) is 23.8 Å². The van der Waals surface area contributed by atoms with Gasteiger partial charge in [0.25, 0.3) is 0 Å². The van der Waals surface area contributed by atoms with Crippen LogP contribution in [0.2, 0.25) is 0 Å². The molecule has 1 aliphatic heterocycles. The zero-order valence-corrected chi connectivity index (χ0v) is 23.2. The summed E-state index contributed by atoms with van der Waals surface area (Å²) < 4.78 is 23.4. The topological polar surface area (TPSA) is 87.3 Å². The first kappa shape index (κ1) is 27.2. The second-order valence-corrected chi connectivity index (χ2v) is 10.9. The summed E-state index contributed by atoms with van der Waals surface area (Å²) in [5.41, 5.74) is 4.97. The molecule has 2 aromatic rings. The van der Waals surface area contributed by atoms with E-state index in [2.05, 4.69) is 10.8 Å². The molecule has 1 unspecified atom stereocenters. The van der Waals surface area contributed by atoms with Crippen LogP contribution in [0.15, 0.2) is 42.5 Å². The molecule has 5 rings (SSSR count). The average molecular weight is 537 g/mol. The Balaban J connectivity index is 1.19. The molecule has 210 valence electrons. The smallest absolute Gasteiger partial charge is 0.224 e. The predicted octanol–water partition coefficient (Wildman–Crippen LogP) is 5.34. The van der Waals surface area contributed by atoms with E-state index in [0.717, 1.165) is 54.0 Å². The molecule has 0 saturated heterocycles. The molecule has 3 aliphatic rings. The van der Waals surface area contributed by atoms with Crippen molar-refractivity contribution in [3.63, 3.8) is 0 Å². The van der Waals surface area contributed by atoms with Gasteiger partial charge in [0, 0.05) is 5.56 Å². The van der Waals surface area contributed by atoms with Gasteiger partial charge in [0.15, 0.2) is 23.0 Å². The van der Waals surface area contributed by atoms with Crippen molar-refractivity contribution in [3.05, 3.63) is 53.6 Å². The Hall–Kier alpha value is -3.39. The average Bonchev–Trinajstić information content (AvgIpc) is 3.72. The van der Waals surface area contributed by atoms with E-state index in [9.17, 15) is 4.79 Å². The second kappa shape index (κ2) is 12.2. The highest BCUT2D eigenvalue weighted by molar-refractivity contribution is 5.79. The molecule has 2 aliphatic carbocycles. The van der Waals surface area contributed by atoms with Gasteiger partial charge in [-0.05, 0) is 100 Å². The number of hydroxylamine groups is 1. The van der Waals surface area contributed by atoms with Gasteiger partial charge in [-0.1, -0.05) is 6.07 Å². The van der Waals surface area contributed by atoms with Crippen molar-refractivity contribution in [1.82, 2.24) is 10.8 Å². The summed E-state index contributed by atoms with van der Waals surface area (Å²) >= 11 is 0. The summed E-state index contributed by atoms with van der Waals surface area (Å²) in [7, 11) is 3.29. The number of hydrogen-bond donors (Lipinski definition) is 2. The first-order valence-corrected chi connectivity index (χ1v) is 14.1. The Morgan fingerprint density at radius 2 is 1.49 bits per heavy atom. The molecule has 1 heterocycles. The standard InChI is InChI=1S/C31H40N2O6/c1-31(19-25(33-39-31)22-13-15-27(36-3)29(18-22)38-24-10-6-7-11-24)20-32-30(34)17-21-12-14-26(35-2)28(16-21)37-23-8-4-5-9-23/h12-16,18-19,23-24,33H,4-11,17,20H2,1-3H3,(H,32,34). The lowest BCUT2D eigenvalue weighted by atomic mass is 10.0. The lowest BCUT2D eigenvalue weighted by Crippen LogP contribution is -2.41. The van der Waals surface area contributed by atoms with Crippen LogP contribution in [0.25, 0.3) is 5.70 Å². The summed E-state index contributed by atoms with van der Waals surface area (Å²) in [6.45, 7) is 2.26. The number of amides is 1. The van der Waals surface area contributed by atoms with Crippen molar-refractivity contribution in [1.29, 1.82) is 0 Å².